The van der Waals surface area contributed by atoms with Crippen LogP contribution in [0.2, 0.25) is 0 Å². The first-order chi connectivity index (χ1) is 7.11. The second-order valence-corrected chi connectivity index (χ2v) is 3.21. The Bertz CT molecular complexity index is 363. The fourth-order valence-corrected chi connectivity index (χ4v) is 1.41. The van der Waals surface area contributed by atoms with Crippen LogP contribution in [0.5, 0.6) is 11.5 Å². The van der Waals surface area contributed by atoms with Gasteiger partial charge in [0.15, 0.2) is 11.5 Å². The summed E-state index contributed by atoms with van der Waals surface area (Å²) in [6, 6.07) is 5.38. The van der Waals surface area contributed by atoms with Gasteiger partial charge in [0.1, 0.15) is 0 Å². The molecular weight excluding hydrogens is 194 g/mol. The summed E-state index contributed by atoms with van der Waals surface area (Å²) in [5.41, 5.74) is 5.99. The lowest BCUT2D eigenvalue weighted by molar-refractivity contribution is -0.119. The van der Waals surface area contributed by atoms with E-state index in [2.05, 4.69) is 0 Å². The number of amides is 1. The molecule has 1 aromatic rings. The number of methoxy groups -OCH3 is 2. The standard InChI is InChI=1S/C11H15NO3/c1-7(11(12)13)8-5-4-6-9(14-2)10(8)15-3/h4-7H,1-3H3,(H2,12,13). The molecule has 0 saturated heterocycles. The number of nitrogens with two attached hydrogens (primary N) is 1. The molecule has 15 heavy (non-hydrogen) atoms. The lowest BCUT2D eigenvalue weighted by Gasteiger charge is -2.15. The van der Waals surface area contributed by atoms with Crippen molar-refractivity contribution in [1.82, 2.24) is 0 Å². The van der Waals surface area contributed by atoms with Crippen molar-refractivity contribution in [2.75, 3.05) is 14.2 Å². The van der Waals surface area contributed by atoms with Gasteiger partial charge in [-0.25, -0.2) is 0 Å². The van der Waals surface area contributed by atoms with Crippen molar-refractivity contribution in [2.24, 2.45) is 5.73 Å². The number of benzene rings is 1. The van der Waals surface area contributed by atoms with Crippen LogP contribution in [-0.2, 0) is 4.79 Å². The number of carbonyl (C=O) groups excluding carboxylic acids is 1. The maximum absolute atomic E-state index is 11.1. The number of carbonyl (C=O) groups is 1. The lowest BCUT2D eigenvalue weighted by atomic mass is 9.99. The van der Waals surface area contributed by atoms with Gasteiger partial charge in [-0.3, -0.25) is 4.79 Å². The monoisotopic (exact) mass is 209 g/mol. The van der Waals surface area contributed by atoms with Crippen molar-refractivity contribution in [2.45, 2.75) is 12.8 Å². The predicted octanol–water partition coefficient (Wildman–Crippen LogP) is 1.29. The fourth-order valence-electron chi connectivity index (χ4n) is 1.41. The van der Waals surface area contributed by atoms with Crippen molar-refractivity contribution in [1.29, 1.82) is 0 Å². The van der Waals surface area contributed by atoms with E-state index in [1.165, 1.54) is 7.11 Å². The van der Waals surface area contributed by atoms with Crippen LogP contribution in [0.4, 0.5) is 0 Å². The Morgan fingerprint density at radius 3 is 2.47 bits per heavy atom. The molecule has 0 heterocycles. The van der Waals surface area contributed by atoms with Gasteiger partial charge in [0.05, 0.1) is 20.1 Å². The van der Waals surface area contributed by atoms with Crippen LogP contribution in [0, 0.1) is 0 Å². The second kappa shape index (κ2) is 4.68. The highest BCUT2D eigenvalue weighted by molar-refractivity contribution is 5.82. The van der Waals surface area contributed by atoms with Gasteiger partial charge in [-0.1, -0.05) is 12.1 Å². The Morgan fingerprint density at radius 1 is 1.33 bits per heavy atom. The molecule has 0 spiro atoms. The highest BCUT2D eigenvalue weighted by atomic mass is 16.5. The summed E-state index contributed by atoms with van der Waals surface area (Å²) in [4.78, 5) is 11.1. The highest BCUT2D eigenvalue weighted by Crippen LogP contribution is 2.34. The van der Waals surface area contributed by atoms with E-state index < -0.39 is 5.92 Å². The van der Waals surface area contributed by atoms with Crippen LogP contribution < -0.4 is 15.2 Å². The third-order valence-corrected chi connectivity index (χ3v) is 2.33. The molecule has 0 aliphatic rings. The third kappa shape index (κ3) is 2.21. The summed E-state index contributed by atoms with van der Waals surface area (Å²) in [7, 11) is 3.09. The number of ether oxygens (including phenoxy) is 2. The van der Waals surface area contributed by atoms with Crippen molar-refractivity contribution in [3.63, 3.8) is 0 Å². The van der Waals surface area contributed by atoms with E-state index in [1.54, 1.807) is 32.2 Å². The largest absolute Gasteiger partial charge is 0.493 e. The maximum atomic E-state index is 11.1. The summed E-state index contributed by atoms with van der Waals surface area (Å²) in [6.45, 7) is 1.74. The maximum Gasteiger partial charge on any atom is 0.224 e. The molecule has 0 aliphatic carbocycles. The molecular formula is C11H15NO3. The van der Waals surface area contributed by atoms with Gasteiger partial charge in [-0.2, -0.15) is 0 Å². The highest BCUT2D eigenvalue weighted by Gasteiger charge is 2.18. The zero-order valence-electron chi connectivity index (χ0n) is 9.11. The van der Waals surface area contributed by atoms with Gasteiger partial charge < -0.3 is 15.2 Å². The van der Waals surface area contributed by atoms with E-state index in [4.69, 9.17) is 15.2 Å². The van der Waals surface area contributed by atoms with Crippen LogP contribution in [0.1, 0.15) is 18.4 Å². The molecule has 0 saturated carbocycles. The molecule has 4 nitrogen and oxygen atoms in total. The first-order valence-electron chi connectivity index (χ1n) is 4.62. The van der Waals surface area contributed by atoms with E-state index in [1.807, 2.05) is 0 Å². The summed E-state index contributed by atoms with van der Waals surface area (Å²) in [5, 5.41) is 0. The van der Waals surface area contributed by atoms with Gasteiger partial charge in [-0.15, -0.1) is 0 Å². The van der Waals surface area contributed by atoms with Crippen molar-refractivity contribution in [3.05, 3.63) is 23.8 Å². The summed E-state index contributed by atoms with van der Waals surface area (Å²) in [6.07, 6.45) is 0. The van der Waals surface area contributed by atoms with Crippen LogP contribution >= 0.6 is 0 Å². The van der Waals surface area contributed by atoms with Gasteiger partial charge in [0.25, 0.3) is 0 Å². The van der Waals surface area contributed by atoms with Crippen LogP contribution in [0.3, 0.4) is 0 Å². The molecule has 0 bridgehead atoms. The van der Waals surface area contributed by atoms with E-state index in [9.17, 15) is 4.79 Å². The molecule has 4 heteroatoms. The van der Waals surface area contributed by atoms with Crippen LogP contribution in [-0.4, -0.2) is 20.1 Å². The number of para-hydroxylation sites is 1. The van der Waals surface area contributed by atoms with Gasteiger partial charge in [-0.05, 0) is 13.0 Å². The molecule has 82 valence electrons. The summed E-state index contributed by atoms with van der Waals surface area (Å²) >= 11 is 0. The molecule has 1 rings (SSSR count). The van der Waals surface area contributed by atoms with Crippen molar-refractivity contribution in [3.8, 4) is 11.5 Å². The number of primary amides is 1. The molecule has 0 fully saturated rings. The summed E-state index contributed by atoms with van der Waals surface area (Å²) in [5.74, 6) is 0.381. The molecule has 1 amide bonds. The average molecular weight is 209 g/mol. The smallest absolute Gasteiger partial charge is 0.224 e. The van der Waals surface area contributed by atoms with E-state index in [-0.39, 0.29) is 5.91 Å². The Labute approximate surface area is 89.0 Å². The molecule has 2 N–H and O–H groups in total. The van der Waals surface area contributed by atoms with Gasteiger partial charge >= 0.3 is 0 Å². The molecule has 1 atom stereocenters. The molecule has 0 aromatic heterocycles. The number of hydrogen-bond acceptors (Lipinski definition) is 3. The lowest BCUT2D eigenvalue weighted by Crippen LogP contribution is -2.19. The Balaban J connectivity index is 3.22. The Hall–Kier alpha value is -1.71. The topological polar surface area (TPSA) is 61.5 Å². The number of hydrogen-bond donors (Lipinski definition) is 1. The molecule has 1 aromatic carbocycles. The van der Waals surface area contributed by atoms with Gasteiger partial charge in [0, 0.05) is 5.56 Å². The zero-order chi connectivity index (χ0) is 11.4. The molecule has 1 unspecified atom stereocenters. The van der Waals surface area contributed by atoms with E-state index in [0.29, 0.717) is 11.5 Å². The predicted molar refractivity (Wildman–Crippen MR) is 57.2 cm³/mol. The third-order valence-electron chi connectivity index (χ3n) is 2.33. The Morgan fingerprint density at radius 2 is 2.00 bits per heavy atom. The minimum absolute atomic E-state index is 0.387. The summed E-state index contributed by atoms with van der Waals surface area (Å²) < 4.78 is 10.3. The average Bonchev–Trinajstić information content (AvgIpc) is 2.26. The van der Waals surface area contributed by atoms with Crippen molar-refractivity contribution < 1.29 is 14.3 Å². The second-order valence-electron chi connectivity index (χ2n) is 3.21. The SMILES string of the molecule is COc1cccc(C(C)C(N)=O)c1OC. The first-order valence-corrected chi connectivity index (χ1v) is 4.62. The van der Waals surface area contributed by atoms with Crippen LogP contribution in [0.15, 0.2) is 18.2 Å². The van der Waals surface area contributed by atoms with Gasteiger partial charge in [0.2, 0.25) is 5.91 Å². The zero-order valence-corrected chi connectivity index (χ0v) is 9.11. The van der Waals surface area contributed by atoms with E-state index in [0.717, 1.165) is 5.56 Å². The molecule has 0 radical (unpaired) electrons. The Kier molecular flexibility index (Phi) is 3.55. The van der Waals surface area contributed by atoms with E-state index >= 15 is 0 Å². The minimum Gasteiger partial charge on any atom is -0.493 e. The number of rotatable bonds is 4. The molecule has 0 aliphatic heterocycles. The fraction of sp³-hybridized carbons (Fsp3) is 0.364. The van der Waals surface area contributed by atoms with Crippen molar-refractivity contribution >= 4 is 5.91 Å². The minimum atomic E-state index is -0.393. The first kappa shape index (κ1) is 11.4. The van der Waals surface area contributed by atoms with Crippen LogP contribution in [0.25, 0.3) is 0 Å². The quantitative estimate of drug-likeness (QED) is 0.812. The normalized spacial score (nSPS) is 11.9.